The Morgan fingerprint density at radius 1 is 1.26 bits per heavy atom. The lowest BCUT2D eigenvalue weighted by Gasteiger charge is -2.17. The molecule has 0 unspecified atom stereocenters. The van der Waals surface area contributed by atoms with Crippen LogP contribution in [0.1, 0.15) is 32.4 Å². The number of amides is 3. The Morgan fingerprint density at radius 2 is 1.89 bits per heavy atom. The van der Waals surface area contributed by atoms with E-state index in [0.29, 0.717) is 6.67 Å². The van der Waals surface area contributed by atoms with Gasteiger partial charge in [-0.2, -0.15) is 0 Å². The summed E-state index contributed by atoms with van der Waals surface area (Å²) in [7, 11) is 0. The summed E-state index contributed by atoms with van der Waals surface area (Å²) in [4.78, 5) is 25.0. The Bertz CT molecular complexity index is 485. The van der Waals surface area contributed by atoms with E-state index in [1.165, 1.54) is 10.5 Å². The standard InChI is InChI=1S/C14H19N3O2/c1-10(11-7-5-4-6-8-11)15-9-17-12(18)14(2,3)16-13(17)19/h4-8,10,15H,9H2,1-3H3,(H,16,19)/p+1/t10-/m1/s1. The van der Waals surface area contributed by atoms with Gasteiger partial charge in [-0.05, 0) is 20.8 Å². The minimum atomic E-state index is -0.791. The smallest absolute Gasteiger partial charge is 0.323 e. The largest absolute Gasteiger partial charge is 0.329 e. The van der Waals surface area contributed by atoms with E-state index in [0.717, 1.165) is 0 Å². The summed E-state index contributed by atoms with van der Waals surface area (Å²) >= 11 is 0. The van der Waals surface area contributed by atoms with Gasteiger partial charge in [-0.15, -0.1) is 0 Å². The fraction of sp³-hybridized carbons (Fsp3) is 0.429. The van der Waals surface area contributed by atoms with E-state index in [9.17, 15) is 9.59 Å². The molecular weight excluding hydrogens is 242 g/mol. The van der Waals surface area contributed by atoms with Crippen molar-refractivity contribution in [2.45, 2.75) is 32.4 Å². The molecule has 2 rings (SSSR count). The minimum Gasteiger partial charge on any atom is -0.323 e. The summed E-state index contributed by atoms with van der Waals surface area (Å²) in [5.41, 5.74) is 0.384. The maximum Gasteiger partial charge on any atom is 0.329 e. The van der Waals surface area contributed by atoms with E-state index in [2.05, 4.69) is 12.2 Å². The van der Waals surface area contributed by atoms with Gasteiger partial charge in [0, 0.05) is 5.56 Å². The zero-order chi connectivity index (χ0) is 14.0. The normalized spacial score (nSPS) is 19.4. The van der Waals surface area contributed by atoms with Crippen molar-refractivity contribution in [2.75, 3.05) is 6.67 Å². The zero-order valence-electron chi connectivity index (χ0n) is 11.5. The molecule has 1 aromatic carbocycles. The number of nitrogens with two attached hydrogens (primary N) is 1. The molecule has 0 radical (unpaired) electrons. The van der Waals surface area contributed by atoms with Gasteiger partial charge in [0.05, 0.1) is 0 Å². The molecule has 0 aliphatic carbocycles. The lowest BCUT2D eigenvalue weighted by molar-refractivity contribution is -0.703. The molecule has 1 aliphatic rings. The monoisotopic (exact) mass is 262 g/mol. The van der Waals surface area contributed by atoms with Crippen LogP contribution in [0.15, 0.2) is 30.3 Å². The van der Waals surface area contributed by atoms with Crippen LogP contribution in [0.5, 0.6) is 0 Å². The van der Waals surface area contributed by atoms with Gasteiger partial charge in [0.1, 0.15) is 11.6 Å². The predicted molar refractivity (Wildman–Crippen MR) is 71.1 cm³/mol. The Hall–Kier alpha value is -1.88. The molecule has 0 spiro atoms. The van der Waals surface area contributed by atoms with Crippen LogP contribution in [-0.4, -0.2) is 29.0 Å². The third kappa shape index (κ3) is 2.76. The summed E-state index contributed by atoms with van der Waals surface area (Å²) < 4.78 is 0. The molecule has 1 atom stereocenters. The fourth-order valence-electron chi connectivity index (χ4n) is 2.14. The van der Waals surface area contributed by atoms with E-state index >= 15 is 0 Å². The van der Waals surface area contributed by atoms with Gasteiger partial charge < -0.3 is 10.6 Å². The van der Waals surface area contributed by atoms with Gasteiger partial charge in [0.15, 0.2) is 6.67 Å². The number of rotatable bonds is 4. The molecule has 1 saturated heterocycles. The summed E-state index contributed by atoms with van der Waals surface area (Å²) in [6, 6.07) is 9.90. The van der Waals surface area contributed by atoms with Crippen molar-refractivity contribution in [3.63, 3.8) is 0 Å². The van der Waals surface area contributed by atoms with Crippen LogP contribution >= 0.6 is 0 Å². The van der Waals surface area contributed by atoms with E-state index in [-0.39, 0.29) is 18.0 Å². The van der Waals surface area contributed by atoms with Crippen molar-refractivity contribution in [2.24, 2.45) is 0 Å². The van der Waals surface area contributed by atoms with E-state index < -0.39 is 5.54 Å². The first-order valence-electron chi connectivity index (χ1n) is 6.44. The molecule has 0 aromatic heterocycles. The van der Waals surface area contributed by atoms with E-state index in [1.807, 2.05) is 35.6 Å². The molecule has 0 bridgehead atoms. The predicted octanol–water partition coefficient (Wildman–Crippen LogP) is 0.599. The average Bonchev–Trinajstić information content (AvgIpc) is 2.57. The number of benzene rings is 1. The van der Waals surface area contributed by atoms with Gasteiger partial charge in [-0.3, -0.25) is 4.79 Å². The first-order valence-corrected chi connectivity index (χ1v) is 6.44. The molecule has 3 N–H and O–H groups in total. The Kier molecular flexibility index (Phi) is 3.57. The van der Waals surface area contributed by atoms with Crippen LogP contribution in [0.25, 0.3) is 0 Å². The van der Waals surface area contributed by atoms with Crippen molar-refractivity contribution in [1.29, 1.82) is 0 Å². The van der Waals surface area contributed by atoms with Crippen LogP contribution in [0.4, 0.5) is 4.79 Å². The van der Waals surface area contributed by atoms with E-state index in [4.69, 9.17) is 0 Å². The lowest BCUT2D eigenvalue weighted by Crippen LogP contribution is -2.88. The third-order valence-electron chi connectivity index (χ3n) is 3.41. The van der Waals surface area contributed by atoms with E-state index in [1.54, 1.807) is 13.8 Å². The molecule has 1 aliphatic heterocycles. The van der Waals surface area contributed by atoms with Gasteiger partial charge in [-0.1, -0.05) is 30.3 Å². The Balaban J connectivity index is 1.96. The van der Waals surface area contributed by atoms with Crippen LogP contribution in [-0.2, 0) is 4.79 Å². The molecule has 0 saturated carbocycles. The van der Waals surface area contributed by atoms with Crippen LogP contribution in [0.2, 0.25) is 0 Å². The highest BCUT2D eigenvalue weighted by Crippen LogP contribution is 2.15. The summed E-state index contributed by atoms with van der Waals surface area (Å²) in [5.74, 6) is -0.172. The number of imide groups is 1. The second kappa shape index (κ2) is 5.01. The molecule has 5 heteroatoms. The quantitative estimate of drug-likeness (QED) is 0.780. The second-order valence-electron chi connectivity index (χ2n) is 5.41. The number of carbonyl (C=O) groups excluding carboxylic acids is 2. The molecule has 19 heavy (non-hydrogen) atoms. The Labute approximate surface area is 113 Å². The molecule has 1 fully saturated rings. The highest BCUT2D eigenvalue weighted by Gasteiger charge is 2.45. The number of hydrogen-bond donors (Lipinski definition) is 2. The summed E-state index contributed by atoms with van der Waals surface area (Å²) in [5, 5.41) is 4.65. The Morgan fingerprint density at radius 3 is 2.42 bits per heavy atom. The molecular formula is C14H20N3O2+. The number of urea groups is 1. The summed E-state index contributed by atoms with van der Waals surface area (Å²) in [6.45, 7) is 5.82. The number of nitrogens with zero attached hydrogens (tertiary/aromatic N) is 1. The second-order valence-corrected chi connectivity index (χ2v) is 5.41. The maximum absolute atomic E-state index is 12.0. The minimum absolute atomic E-state index is 0.172. The first kappa shape index (κ1) is 13.5. The summed E-state index contributed by atoms with van der Waals surface area (Å²) in [6.07, 6.45) is 0. The SMILES string of the molecule is C[C@@H]([NH2+]CN1C(=O)NC(C)(C)C1=O)c1ccccc1. The maximum atomic E-state index is 12.0. The van der Waals surface area contributed by atoms with Gasteiger partial charge >= 0.3 is 6.03 Å². The lowest BCUT2D eigenvalue weighted by atomic mass is 10.1. The first-order chi connectivity index (χ1) is 8.92. The zero-order valence-corrected chi connectivity index (χ0v) is 11.5. The number of carbonyl (C=O) groups is 2. The van der Waals surface area contributed by atoms with Crippen LogP contribution in [0.3, 0.4) is 0 Å². The molecule has 5 nitrogen and oxygen atoms in total. The molecule has 3 amide bonds. The third-order valence-corrected chi connectivity index (χ3v) is 3.41. The number of nitrogens with one attached hydrogen (secondary N) is 1. The molecule has 102 valence electrons. The van der Waals surface area contributed by atoms with Crippen molar-refractivity contribution in [3.05, 3.63) is 35.9 Å². The molecule has 1 heterocycles. The van der Waals surface area contributed by atoms with Gasteiger partial charge in [-0.25, -0.2) is 9.69 Å². The van der Waals surface area contributed by atoms with Gasteiger partial charge in [0.2, 0.25) is 0 Å². The number of quaternary nitrogens is 1. The fourth-order valence-corrected chi connectivity index (χ4v) is 2.14. The van der Waals surface area contributed by atoms with Crippen LogP contribution in [0, 0.1) is 0 Å². The highest BCUT2D eigenvalue weighted by atomic mass is 16.2. The van der Waals surface area contributed by atoms with Crippen molar-refractivity contribution >= 4 is 11.9 Å². The van der Waals surface area contributed by atoms with Crippen molar-refractivity contribution < 1.29 is 14.9 Å². The number of hydrogen-bond acceptors (Lipinski definition) is 2. The van der Waals surface area contributed by atoms with Crippen molar-refractivity contribution in [1.82, 2.24) is 10.2 Å². The van der Waals surface area contributed by atoms with Crippen molar-refractivity contribution in [3.8, 4) is 0 Å². The average molecular weight is 262 g/mol. The highest BCUT2D eigenvalue weighted by molar-refractivity contribution is 6.06. The van der Waals surface area contributed by atoms with Crippen LogP contribution < -0.4 is 10.6 Å². The molecule has 1 aromatic rings. The topological polar surface area (TPSA) is 66.0 Å². The van der Waals surface area contributed by atoms with Gasteiger partial charge in [0.25, 0.3) is 5.91 Å².